The molecule has 114 valence electrons. The van der Waals surface area contributed by atoms with Gasteiger partial charge in [-0.15, -0.1) is 0 Å². The average molecular weight is 287 g/mol. The summed E-state index contributed by atoms with van der Waals surface area (Å²) in [5.41, 5.74) is 1.24. The van der Waals surface area contributed by atoms with Crippen LogP contribution in [0.25, 0.3) is 0 Å². The van der Waals surface area contributed by atoms with Crippen molar-refractivity contribution in [3.05, 3.63) is 29.8 Å². The van der Waals surface area contributed by atoms with Gasteiger partial charge in [0.1, 0.15) is 11.8 Å². The number of hydrogen-bond acceptors (Lipinski definition) is 4. The molecule has 1 saturated heterocycles. The molecule has 21 heavy (non-hydrogen) atoms. The molecule has 4 heteroatoms. The average Bonchev–Trinajstić information content (AvgIpc) is 2.99. The number of benzene rings is 1. The maximum atomic E-state index is 8.46. The normalized spacial score (nSPS) is 16.6. The predicted octanol–water partition coefficient (Wildman–Crippen LogP) is 2.41. The van der Waals surface area contributed by atoms with Gasteiger partial charge in [0.25, 0.3) is 0 Å². The molecule has 4 nitrogen and oxygen atoms in total. The van der Waals surface area contributed by atoms with E-state index in [0.29, 0.717) is 5.92 Å². The van der Waals surface area contributed by atoms with E-state index in [-0.39, 0.29) is 6.61 Å². The molecule has 1 unspecified atom stereocenters. The van der Waals surface area contributed by atoms with Crippen LogP contribution in [0.5, 0.6) is 5.75 Å². The lowest BCUT2D eigenvalue weighted by Crippen LogP contribution is -2.31. The highest BCUT2D eigenvalue weighted by Gasteiger charge is 2.14. The maximum absolute atomic E-state index is 8.46. The van der Waals surface area contributed by atoms with Gasteiger partial charge in [0.2, 0.25) is 0 Å². The molecule has 1 aliphatic heterocycles. The number of nitrogens with one attached hydrogen (secondary N) is 1. The van der Waals surface area contributed by atoms with Gasteiger partial charge in [-0.2, -0.15) is 5.26 Å². The number of hydrogen-bond donors (Lipinski definition) is 1. The second kappa shape index (κ2) is 8.66. The summed E-state index contributed by atoms with van der Waals surface area (Å²) in [5, 5.41) is 12.0. The smallest absolute Gasteiger partial charge is 0.174 e. The summed E-state index contributed by atoms with van der Waals surface area (Å²) in [4.78, 5) is 2.56. The van der Waals surface area contributed by atoms with Crippen LogP contribution in [-0.2, 0) is 6.54 Å². The molecule has 1 aromatic carbocycles. The van der Waals surface area contributed by atoms with Crippen molar-refractivity contribution in [1.29, 1.82) is 5.26 Å². The largest absolute Gasteiger partial charge is 0.479 e. The number of nitrogens with zero attached hydrogens (tertiary/aromatic N) is 2. The third-order valence-corrected chi connectivity index (χ3v) is 3.82. The second-order valence-corrected chi connectivity index (χ2v) is 5.83. The fraction of sp³-hybridized carbons (Fsp3) is 0.588. The first kappa shape index (κ1) is 15.8. The molecular weight excluding hydrogens is 262 g/mol. The third kappa shape index (κ3) is 5.74. The molecule has 0 aliphatic carbocycles. The SMILES string of the molecule is CC(CNCc1ccc(OCC#N)cc1)CN1CCCC1. The zero-order chi connectivity index (χ0) is 14.9. The van der Waals surface area contributed by atoms with E-state index < -0.39 is 0 Å². The van der Waals surface area contributed by atoms with E-state index in [0.717, 1.165) is 18.8 Å². The van der Waals surface area contributed by atoms with Crippen molar-refractivity contribution in [2.24, 2.45) is 5.92 Å². The van der Waals surface area contributed by atoms with Gasteiger partial charge in [0.15, 0.2) is 6.61 Å². The van der Waals surface area contributed by atoms with E-state index in [9.17, 15) is 0 Å². The Kier molecular flexibility index (Phi) is 6.52. The van der Waals surface area contributed by atoms with Gasteiger partial charge < -0.3 is 15.0 Å². The molecule has 2 rings (SSSR count). The van der Waals surface area contributed by atoms with Crippen LogP contribution < -0.4 is 10.1 Å². The molecule has 1 aliphatic rings. The summed E-state index contributed by atoms with van der Waals surface area (Å²) in [7, 11) is 0. The van der Waals surface area contributed by atoms with Crippen molar-refractivity contribution in [2.45, 2.75) is 26.3 Å². The lowest BCUT2D eigenvalue weighted by Gasteiger charge is -2.20. The minimum atomic E-state index is 0.103. The van der Waals surface area contributed by atoms with Gasteiger partial charge in [0, 0.05) is 13.1 Å². The fourth-order valence-corrected chi connectivity index (χ4v) is 2.75. The molecule has 0 bridgehead atoms. The van der Waals surface area contributed by atoms with Crippen LogP contribution in [0.2, 0.25) is 0 Å². The molecule has 0 spiro atoms. The Hall–Kier alpha value is -1.57. The molecule has 0 aromatic heterocycles. The first-order valence-corrected chi connectivity index (χ1v) is 7.79. The minimum Gasteiger partial charge on any atom is -0.479 e. The van der Waals surface area contributed by atoms with Crippen molar-refractivity contribution in [3.63, 3.8) is 0 Å². The standard InChI is InChI=1S/C17H25N3O/c1-15(14-20-9-2-3-10-20)12-19-13-16-4-6-17(7-5-16)21-11-8-18/h4-7,15,19H,2-3,9-14H2,1H3. The second-order valence-electron chi connectivity index (χ2n) is 5.83. The van der Waals surface area contributed by atoms with Gasteiger partial charge in [-0.25, -0.2) is 0 Å². The fourth-order valence-electron chi connectivity index (χ4n) is 2.75. The molecule has 0 radical (unpaired) electrons. The predicted molar refractivity (Wildman–Crippen MR) is 84.1 cm³/mol. The Bertz CT molecular complexity index is 446. The number of rotatable bonds is 8. The quantitative estimate of drug-likeness (QED) is 0.797. The zero-order valence-corrected chi connectivity index (χ0v) is 12.8. The Morgan fingerprint density at radius 1 is 1.29 bits per heavy atom. The highest BCUT2D eigenvalue weighted by atomic mass is 16.5. The van der Waals surface area contributed by atoms with Crippen LogP contribution in [-0.4, -0.2) is 37.7 Å². The first-order chi connectivity index (χ1) is 10.3. The number of nitriles is 1. The molecule has 1 aromatic rings. The van der Waals surface area contributed by atoms with Crippen molar-refractivity contribution >= 4 is 0 Å². The highest BCUT2D eigenvalue weighted by molar-refractivity contribution is 5.27. The molecular formula is C17H25N3O. The molecule has 1 atom stereocenters. The van der Waals surface area contributed by atoms with E-state index in [4.69, 9.17) is 10.00 Å². The molecule has 1 fully saturated rings. The summed E-state index contributed by atoms with van der Waals surface area (Å²) in [6.07, 6.45) is 2.72. The third-order valence-electron chi connectivity index (χ3n) is 3.82. The van der Waals surface area contributed by atoms with Crippen LogP contribution in [0.15, 0.2) is 24.3 Å². The van der Waals surface area contributed by atoms with Crippen molar-refractivity contribution in [3.8, 4) is 11.8 Å². The Morgan fingerprint density at radius 2 is 2.00 bits per heavy atom. The van der Waals surface area contributed by atoms with E-state index >= 15 is 0 Å². The van der Waals surface area contributed by atoms with Gasteiger partial charge in [-0.05, 0) is 56.1 Å². The van der Waals surface area contributed by atoms with Crippen LogP contribution >= 0.6 is 0 Å². The van der Waals surface area contributed by atoms with Crippen LogP contribution in [0.3, 0.4) is 0 Å². The highest BCUT2D eigenvalue weighted by Crippen LogP contribution is 2.12. The Balaban J connectivity index is 1.64. The van der Waals surface area contributed by atoms with Crippen LogP contribution in [0, 0.1) is 17.2 Å². The Morgan fingerprint density at radius 3 is 2.67 bits per heavy atom. The first-order valence-electron chi connectivity index (χ1n) is 7.79. The monoisotopic (exact) mass is 287 g/mol. The molecule has 1 N–H and O–H groups in total. The van der Waals surface area contributed by atoms with E-state index in [1.54, 1.807) is 0 Å². The topological polar surface area (TPSA) is 48.3 Å². The number of likely N-dealkylation sites (tertiary alicyclic amines) is 1. The summed E-state index contributed by atoms with van der Waals surface area (Å²) >= 11 is 0. The van der Waals surface area contributed by atoms with E-state index in [1.165, 1.54) is 38.0 Å². The molecule has 0 saturated carbocycles. The lowest BCUT2D eigenvalue weighted by atomic mass is 10.1. The van der Waals surface area contributed by atoms with Gasteiger partial charge >= 0.3 is 0 Å². The maximum Gasteiger partial charge on any atom is 0.174 e. The lowest BCUT2D eigenvalue weighted by molar-refractivity contribution is 0.282. The summed E-state index contributed by atoms with van der Waals surface area (Å²) in [6, 6.07) is 9.90. The zero-order valence-electron chi connectivity index (χ0n) is 12.8. The molecule has 0 amide bonds. The van der Waals surface area contributed by atoms with Crippen LogP contribution in [0.4, 0.5) is 0 Å². The number of ether oxygens (including phenoxy) is 1. The Labute approximate surface area is 127 Å². The van der Waals surface area contributed by atoms with Gasteiger partial charge in [-0.3, -0.25) is 0 Å². The summed E-state index contributed by atoms with van der Waals surface area (Å²) in [5.74, 6) is 1.43. The summed E-state index contributed by atoms with van der Waals surface area (Å²) < 4.78 is 5.24. The van der Waals surface area contributed by atoms with Gasteiger partial charge in [0.05, 0.1) is 0 Å². The van der Waals surface area contributed by atoms with Crippen LogP contribution in [0.1, 0.15) is 25.3 Å². The van der Waals surface area contributed by atoms with E-state index in [2.05, 4.69) is 17.1 Å². The van der Waals surface area contributed by atoms with Gasteiger partial charge in [-0.1, -0.05) is 19.1 Å². The van der Waals surface area contributed by atoms with Crippen molar-refractivity contribution in [2.75, 3.05) is 32.8 Å². The van der Waals surface area contributed by atoms with E-state index in [1.807, 2.05) is 30.3 Å². The summed E-state index contributed by atoms with van der Waals surface area (Å²) in [6.45, 7) is 8.08. The van der Waals surface area contributed by atoms with Crippen molar-refractivity contribution < 1.29 is 4.74 Å². The molecule has 1 heterocycles. The minimum absolute atomic E-state index is 0.103. The van der Waals surface area contributed by atoms with Crippen molar-refractivity contribution in [1.82, 2.24) is 10.2 Å².